The van der Waals surface area contributed by atoms with Crippen LogP contribution in [-0.4, -0.2) is 16.1 Å². The summed E-state index contributed by atoms with van der Waals surface area (Å²) in [5, 5.41) is 9.06. The minimum atomic E-state index is -0.533. The number of carbonyl (C=O) groups is 1. The van der Waals surface area contributed by atoms with Gasteiger partial charge in [0.25, 0.3) is 5.91 Å². The van der Waals surface area contributed by atoms with Crippen molar-refractivity contribution in [2.45, 2.75) is 13.8 Å². The molecule has 2 N–H and O–H groups in total. The lowest BCUT2D eigenvalue weighted by molar-refractivity contribution is 0.102. The van der Waals surface area contributed by atoms with E-state index < -0.39 is 11.7 Å². The second-order valence-corrected chi connectivity index (χ2v) is 3.87. The average molecular weight is 233 g/mol. The summed E-state index contributed by atoms with van der Waals surface area (Å²) < 4.78 is 13.5. The topological polar surface area (TPSA) is 57.8 Å². The predicted octanol–water partition coefficient (Wildman–Crippen LogP) is 2.42. The second kappa shape index (κ2) is 4.37. The molecule has 0 saturated heterocycles. The maximum absolute atomic E-state index is 13.5. The molecule has 5 heteroatoms. The summed E-state index contributed by atoms with van der Waals surface area (Å²) in [6.07, 6.45) is 0. The Kier molecular flexibility index (Phi) is 2.91. The molecule has 1 aromatic heterocycles. The standard InChI is InChI=1S/C12H12FN3O/c1-7-3-4-9(10(13)5-7)12(17)14-11-6-8(2)15-16-11/h3-6H,1-2H3,(H2,14,15,16,17). The van der Waals surface area contributed by atoms with Crippen molar-refractivity contribution in [1.29, 1.82) is 0 Å². The first kappa shape index (κ1) is 11.3. The quantitative estimate of drug-likeness (QED) is 0.836. The van der Waals surface area contributed by atoms with E-state index in [4.69, 9.17) is 0 Å². The van der Waals surface area contributed by atoms with E-state index in [1.165, 1.54) is 12.1 Å². The third-order valence-electron chi connectivity index (χ3n) is 2.32. The van der Waals surface area contributed by atoms with E-state index in [0.717, 1.165) is 11.3 Å². The summed E-state index contributed by atoms with van der Waals surface area (Å²) in [5.74, 6) is -0.656. The van der Waals surface area contributed by atoms with Gasteiger partial charge in [0.2, 0.25) is 0 Å². The summed E-state index contributed by atoms with van der Waals surface area (Å²) in [5.41, 5.74) is 1.61. The van der Waals surface area contributed by atoms with Gasteiger partial charge in [-0.3, -0.25) is 9.89 Å². The van der Waals surface area contributed by atoms with Crippen LogP contribution in [0.25, 0.3) is 0 Å². The number of halogens is 1. The number of hydrogen-bond acceptors (Lipinski definition) is 2. The van der Waals surface area contributed by atoms with Gasteiger partial charge in [-0.15, -0.1) is 0 Å². The zero-order chi connectivity index (χ0) is 12.4. The van der Waals surface area contributed by atoms with Crippen LogP contribution in [0.2, 0.25) is 0 Å². The van der Waals surface area contributed by atoms with Crippen molar-refractivity contribution < 1.29 is 9.18 Å². The maximum atomic E-state index is 13.5. The highest BCUT2D eigenvalue weighted by Crippen LogP contribution is 2.12. The lowest BCUT2D eigenvalue weighted by atomic mass is 10.1. The van der Waals surface area contributed by atoms with Crippen LogP contribution >= 0.6 is 0 Å². The molecule has 88 valence electrons. The van der Waals surface area contributed by atoms with E-state index in [1.54, 1.807) is 19.1 Å². The number of nitrogens with one attached hydrogen (secondary N) is 2. The zero-order valence-electron chi connectivity index (χ0n) is 9.54. The fraction of sp³-hybridized carbons (Fsp3) is 0.167. The third kappa shape index (κ3) is 2.50. The van der Waals surface area contributed by atoms with Crippen LogP contribution in [0.15, 0.2) is 24.3 Å². The monoisotopic (exact) mass is 233 g/mol. The molecule has 0 bridgehead atoms. The summed E-state index contributed by atoms with van der Waals surface area (Å²) in [7, 11) is 0. The number of aryl methyl sites for hydroxylation is 2. The van der Waals surface area contributed by atoms with Crippen LogP contribution in [0.3, 0.4) is 0 Å². The van der Waals surface area contributed by atoms with Crippen molar-refractivity contribution in [2.24, 2.45) is 0 Å². The average Bonchev–Trinajstić information content (AvgIpc) is 2.63. The molecule has 0 aliphatic heterocycles. The first-order chi connectivity index (χ1) is 8.06. The van der Waals surface area contributed by atoms with Gasteiger partial charge in [-0.1, -0.05) is 6.07 Å². The van der Waals surface area contributed by atoms with Crippen LogP contribution < -0.4 is 5.32 Å². The van der Waals surface area contributed by atoms with E-state index in [0.29, 0.717) is 5.82 Å². The minimum absolute atomic E-state index is 0.0104. The van der Waals surface area contributed by atoms with Crippen LogP contribution in [0, 0.1) is 19.7 Å². The SMILES string of the molecule is Cc1ccc(C(=O)Nc2cc(C)[nH]n2)c(F)c1. The Hall–Kier alpha value is -2.17. The summed E-state index contributed by atoms with van der Waals surface area (Å²) >= 11 is 0. The van der Waals surface area contributed by atoms with Gasteiger partial charge in [0.1, 0.15) is 5.82 Å². The molecule has 0 fully saturated rings. The number of anilines is 1. The zero-order valence-corrected chi connectivity index (χ0v) is 9.54. The Labute approximate surface area is 97.9 Å². The van der Waals surface area contributed by atoms with Gasteiger partial charge in [-0.25, -0.2) is 4.39 Å². The van der Waals surface area contributed by atoms with Crippen LogP contribution in [-0.2, 0) is 0 Å². The van der Waals surface area contributed by atoms with Crippen molar-refractivity contribution in [2.75, 3.05) is 5.32 Å². The van der Waals surface area contributed by atoms with E-state index in [-0.39, 0.29) is 5.56 Å². The van der Waals surface area contributed by atoms with Gasteiger partial charge in [-0.2, -0.15) is 5.10 Å². The number of aromatic amines is 1. The Balaban J connectivity index is 2.20. The first-order valence-electron chi connectivity index (χ1n) is 5.16. The summed E-state index contributed by atoms with van der Waals surface area (Å²) in [6, 6.07) is 6.14. The highest BCUT2D eigenvalue weighted by atomic mass is 19.1. The van der Waals surface area contributed by atoms with Crippen LogP contribution in [0.1, 0.15) is 21.6 Å². The summed E-state index contributed by atoms with van der Waals surface area (Å²) in [4.78, 5) is 11.8. The third-order valence-corrected chi connectivity index (χ3v) is 2.32. The Morgan fingerprint density at radius 3 is 2.71 bits per heavy atom. The molecule has 2 rings (SSSR count). The highest BCUT2D eigenvalue weighted by Gasteiger charge is 2.12. The lowest BCUT2D eigenvalue weighted by Crippen LogP contribution is -2.14. The molecule has 2 aromatic rings. The minimum Gasteiger partial charge on any atom is -0.305 e. The van der Waals surface area contributed by atoms with Gasteiger partial charge in [0.15, 0.2) is 5.82 Å². The number of amides is 1. The molecule has 0 aliphatic carbocycles. The van der Waals surface area contributed by atoms with E-state index in [9.17, 15) is 9.18 Å². The number of hydrogen-bond donors (Lipinski definition) is 2. The second-order valence-electron chi connectivity index (χ2n) is 3.87. The number of rotatable bonds is 2. The largest absolute Gasteiger partial charge is 0.305 e. The fourth-order valence-corrected chi connectivity index (χ4v) is 1.47. The van der Waals surface area contributed by atoms with Crippen molar-refractivity contribution in [3.63, 3.8) is 0 Å². The Bertz CT molecular complexity index is 563. The smallest absolute Gasteiger partial charge is 0.259 e. The molecule has 4 nitrogen and oxygen atoms in total. The van der Waals surface area contributed by atoms with Crippen molar-refractivity contribution >= 4 is 11.7 Å². The Morgan fingerprint density at radius 2 is 2.12 bits per heavy atom. The van der Waals surface area contributed by atoms with E-state index in [2.05, 4.69) is 15.5 Å². The molecule has 0 spiro atoms. The van der Waals surface area contributed by atoms with Crippen molar-refractivity contribution in [3.8, 4) is 0 Å². The number of aromatic nitrogens is 2. The number of nitrogens with zero attached hydrogens (tertiary/aromatic N) is 1. The molecule has 1 amide bonds. The van der Waals surface area contributed by atoms with Crippen LogP contribution in [0.5, 0.6) is 0 Å². The Morgan fingerprint density at radius 1 is 1.35 bits per heavy atom. The fourth-order valence-electron chi connectivity index (χ4n) is 1.47. The maximum Gasteiger partial charge on any atom is 0.259 e. The molecule has 1 aromatic carbocycles. The van der Waals surface area contributed by atoms with Gasteiger partial charge < -0.3 is 5.32 Å². The normalized spacial score (nSPS) is 10.3. The molecule has 1 heterocycles. The molecular formula is C12H12FN3O. The number of benzene rings is 1. The highest BCUT2D eigenvalue weighted by molar-refractivity contribution is 6.03. The first-order valence-corrected chi connectivity index (χ1v) is 5.16. The van der Waals surface area contributed by atoms with Crippen LogP contribution in [0.4, 0.5) is 10.2 Å². The van der Waals surface area contributed by atoms with Gasteiger partial charge >= 0.3 is 0 Å². The molecule has 0 aliphatic rings. The number of H-pyrrole nitrogens is 1. The van der Waals surface area contributed by atoms with Gasteiger partial charge in [0.05, 0.1) is 5.56 Å². The predicted molar refractivity (Wildman–Crippen MR) is 62.4 cm³/mol. The van der Waals surface area contributed by atoms with Crippen molar-refractivity contribution in [3.05, 3.63) is 46.9 Å². The van der Waals surface area contributed by atoms with E-state index >= 15 is 0 Å². The molecule has 17 heavy (non-hydrogen) atoms. The number of carbonyl (C=O) groups excluding carboxylic acids is 1. The van der Waals surface area contributed by atoms with Crippen molar-refractivity contribution in [1.82, 2.24) is 10.2 Å². The molecule has 0 saturated carbocycles. The van der Waals surface area contributed by atoms with Gasteiger partial charge in [-0.05, 0) is 31.5 Å². The molecule has 0 radical (unpaired) electrons. The van der Waals surface area contributed by atoms with E-state index in [1.807, 2.05) is 6.92 Å². The molecule has 0 atom stereocenters. The van der Waals surface area contributed by atoms with Gasteiger partial charge in [0, 0.05) is 11.8 Å². The lowest BCUT2D eigenvalue weighted by Gasteiger charge is -2.03. The summed E-state index contributed by atoms with van der Waals surface area (Å²) in [6.45, 7) is 3.58. The molecular weight excluding hydrogens is 221 g/mol. The molecule has 0 unspecified atom stereocenters.